The Balaban J connectivity index is 0.656. The smallest absolute Gasteiger partial charge is 0.319 e. The van der Waals surface area contributed by atoms with E-state index in [-0.39, 0.29) is 77.2 Å². The Bertz CT molecular complexity index is 3190. The number of β-amino-alcohol motifs (C(OH)–C–C–N with tert-alkyl or cyclic N) is 1. The Morgan fingerprint density at radius 1 is 0.864 bits per heavy atom. The first-order valence-corrected chi connectivity index (χ1v) is 29.9. The minimum Gasteiger partial charge on any atom is -0.508 e. The highest BCUT2D eigenvalue weighted by atomic mass is 35.5. The summed E-state index contributed by atoms with van der Waals surface area (Å²) in [6.45, 7) is 18.6. The van der Waals surface area contributed by atoms with Gasteiger partial charge in [-0.25, -0.2) is 9.37 Å². The summed E-state index contributed by atoms with van der Waals surface area (Å²) >= 11 is 8.51. The molecule has 10 rings (SSSR count). The average molecular weight is 1150 g/mol. The van der Waals surface area contributed by atoms with Crippen LogP contribution in [0.5, 0.6) is 11.8 Å². The maximum Gasteiger partial charge on any atom is 0.319 e. The molecule has 0 saturated carbocycles. The van der Waals surface area contributed by atoms with Crippen molar-refractivity contribution in [3.8, 4) is 33.3 Å². The average Bonchev–Trinajstić information content (AvgIpc) is 4.10. The molecular formula is C61H76ClFN10O7S. The van der Waals surface area contributed by atoms with Gasteiger partial charge in [-0.15, -0.1) is 11.3 Å². The molecule has 4 fully saturated rings. The molecule has 4 aliphatic rings. The predicted molar refractivity (Wildman–Crippen MR) is 315 cm³/mol. The van der Waals surface area contributed by atoms with E-state index in [1.54, 1.807) is 29.5 Å². The number of anilines is 1. The van der Waals surface area contributed by atoms with Crippen molar-refractivity contribution in [3.05, 3.63) is 94.3 Å². The molecule has 2 aromatic heterocycles. The molecule has 4 aromatic carbocycles. The number of phenols is 1. The van der Waals surface area contributed by atoms with Crippen LogP contribution in [0.3, 0.4) is 0 Å². The summed E-state index contributed by atoms with van der Waals surface area (Å²) in [7, 11) is 0. The van der Waals surface area contributed by atoms with Gasteiger partial charge in [0.1, 0.15) is 35.3 Å². The molecule has 4 N–H and O–H groups in total. The zero-order valence-corrected chi connectivity index (χ0v) is 48.7. The van der Waals surface area contributed by atoms with Gasteiger partial charge in [0.2, 0.25) is 17.7 Å². The second-order valence-corrected chi connectivity index (χ2v) is 24.6. The Hall–Kier alpha value is -6.06. The number of nitrogens with zero attached hydrogens (tertiary/aromatic N) is 8. The lowest BCUT2D eigenvalue weighted by molar-refractivity contribution is -0.144. The highest BCUT2D eigenvalue weighted by Crippen LogP contribution is 2.43. The van der Waals surface area contributed by atoms with E-state index < -0.39 is 29.4 Å². The van der Waals surface area contributed by atoms with E-state index in [9.17, 15) is 24.6 Å². The van der Waals surface area contributed by atoms with Crippen LogP contribution in [0.2, 0.25) is 5.02 Å². The molecule has 432 valence electrons. The number of nitrogens with one attached hydrogen (secondary N) is 2. The quantitative estimate of drug-likeness (QED) is 0.0603. The number of phenolic OH excluding ortho intramolecular Hbond substituents is 1. The molecule has 0 radical (unpaired) electrons. The molecule has 0 bridgehead atoms. The third kappa shape index (κ3) is 13.7. The number of halogens is 2. The van der Waals surface area contributed by atoms with E-state index in [0.717, 1.165) is 117 Å². The van der Waals surface area contributed by atoms with Gasteiger partial charge in [-0.1, -0.05) is 80.9 Å². The number of thiazole rings is 1. The number of benzene rings is 4. The highest BCUT2D eigenvalue weighted by molar-refractivity contribution is 7.13. The van der Waals surface area contributed by atoms with Crippen molar-refractivity contribution < 1.29 is 38.5 Å². The molecule has 0 unspecified atom stereocenters. The van der Waals surface area contributed by atoms with Crippen LogP contribution in [-0.4, -0.2) is 179 Å². The van der Waals surface area contributed by atoms with Crippen molar-refractivity contribution in [2.24, 2.45) is 5.41 Å². The summed E-state index contributed by atoms with van der Waals surface area (Å²) in [6, 6.07) is 18.5. The maximum absolute atomic E-state index is 17.0. The fraction of sp³-hybridized carbons (Fsp3) is 0.508. The van der Waals surface area contributed by atoms with Crippen molar-refractivity contribution in [1.29, 1.82) is 0 Å². The maximum atomic E-state index is 17.0. The Morgan fingerprint density at radius 2 is 1.56 bits per heavy atom. The molecule has 0 aliphatic carbocycles. The number of carbonyl (C=O) groups is 3. The van der Waals surface area contributed by atoms with Gasteiger partial charge in [-0.3, -0.25) is 24.2 Å². The van der Waals surface area contributed by atoms with Gasteiger partial charge < -0.3 is 45.0 Å². The third-order valence-electron chi connectivity index (χ3n) is 16.4. The number of fused-ring (bicyclic) bond motifs is 2. The molecular weight excluding hydrogens is 1070 g/mol. The van der Waals surface area contributed by atoms with Crippen molar-refractivity contribution >= 4 is 68.2 Å². The van der Waals surface area contributed by atoms with Gasteiger partial charge in [0.25, 0.3) is 0 Å². The first-order valence-electron chi connectivity index (χ1n) is 28.6. The summed E-state index contributed by atoms with van der Waals surface area (Å²) in [6.07, 6.45) is 3.75. The number of aromatic hydroxyl groups is 1. The molecule has 6 heterocycles. The van der Waals surface area contributed by atoms with Gasteiger partial charge in [-0.2, -0.15) is 9.97 Å². The fourth-order valence-electron chi connectivity index (χ4n) is 11.8. The van der Waals surface area contributed by atoms with E-state index >= 15 is 4.39 Å². The summed E-state index contributed by atoms with van der Waals surface area (Å²) in [4.78, 5) is 67.2. The predicted octanol–water partition coefficient (Wildman–Crippen LogP) is 8.22. The lowest BCUT2D eigenvalue weighted by atomic mass is 9.85. The molecule has 3 amide bonds. The molecule has 4 aliphatic heterocycles. The number of aromatic nitrogens is 3. The molecule has 4 atom stereocenters. The monoisotopic (exact) mass is 1150 g/mol. The van der Waals surface area contributed by atoms with E-state index in [0.29, 0.717) is 43.1 Å². The first-order chi connectivity index (χ1) is 39.0. The Labute approximate surface area is 482 Å². The molecule has 6 aromatic rings. The molecule has 81 heavy (non-hydrogen) atoms. The zero-order valence-electron chi connectivity index (χ0n) is 47.1. The third-order valence-corrected chi connectivity index (χ3v) is 17.7. The Kier molecular flexibility index (Phi) is 18.4. The molecule has 20 heteroatoms. The first kappa shape index (κ1) is 58.1. The normalized spacial score (nSPS) is 19.8. The van der Waals surface area contributed by atoms with Crippen LogP contribution in [0.25, 0.3) is 43.2 Å². The van der Waals surface area contributed by atoms with E-state index in [1.807, 2.05) is 88.7 Å². The number of piperidine rings is 2. The van der Waals surface area contributed by atoms with Gasteiger partial charge in [0.15, 0.2) is 5.82 Å². The largest absolute Gasteiger partial charge is 0.508 e. The van der Waals surface area contributed by atoms with E-state index in [4.69, 9.17) is 31.0 Å². The highest BCUT2D eigenvalue weighted by Gasteiger charge is 2.45. The van der Waals surface area contributed by atoms with Crippen LogP contribution in [0.15, 0.2) is 72.2 Å². The summed E-state index contributed by atoms with van der Waals surface area (Å²) < 4.78 is 29.6. The van der Waals surface area contributed by atoms with E-state index in [1.165, 1.54) is 4.90 Å². The van der Waals surface area contributed by atoms with Crippen molar-refractivity contribution in [3.63, 3.8) is 0 Å². The summed E-state index contributed by atoms with van der Waals surface area (Å²) in [5.74, 6) is -0.938. The number of amides is 3. The number of aryl methyl sites for hydroxylation is 1. The van der Waals surface area contributed by atoms with Crippen LogP contribution in [0.1, 0.15) is 83.5 Å². The number of aliphatic hydroxyl groups is 1. The minimum atomic E-state index is -0.907. The van der Waals surface area contributed by atoms with Crippen molar-refractivity contribution in [2.75, 3.05) is 96.7 Å². The lowest BCUT2D eigenvalue weighted by Crippen LogP contribution is -2.59. The molecule has 4 saturated heterocycles. The van der Waals surface area contributed by atoms with Crippen molar-refractivity contribution in [1.82, 2.24) is 45.2 Å². The fourth-order valence-corrected chi connectivity index (χ4v) is 12.9. The number of ether oxygens (including phenoxy) is 2. The van der Waals surface area contributed by atoms with Crippen LogP contribution in [0, 0.1) is 18.2 Å². The van der Waals surface area contributed by atoms with E-state index in [2.05, 4.69) is 35.2 Å². The number of likely N-dealkylation sites (tertiary alicyclic amines) is 2. The second-order valence-electron chi connectivity index (χ2n) is 23.3. The topological polar surface area (TPSA) is 189 Å². The number of carbonyl (C=O) groups excluding carboxylic acids is 3. The number of hydrogen-bond donors (Lipinski definition) is 4. The number of rotatable bonds is 18. The Morgan fingerprint density at radius 3 is 2.25 bits per heavy atom. The molecule has 0 spiro atoms. The number of piperazine rings is 1. The van der Waals surface area contributed by atoms with Crippen LogP contribution in [0.4, 0.5) is 10.2 Å². The summed E-state index contributed by atoms with van der Waals surface area (Å²) in [5.41, 5.74) is 4.89. The standard InChI is InChI=1S/C61H76ClFN10O7S/c1-38(40-13-15-41(16-14-40)55-39(2)64-37-81-55)65-58(77)50-33-44(75)35-73(50)59(78)56(61(3,4)5)66-51(76)36-71-25-23-70(24-26-71)28-30-79-29-27-69-21-17-45(18-22-69)80-60-67-54-48(57(68-60)72-19-9-6-10-20-72)34-49(62)52(53(54)63)47-32-43(74)31-42-11-7-8-12-46(42)47/h7-8,11-16,31-32,34,37-38,44-45,50,56,74-75H,6,9-10,17-30,33,35-36H2,1-5H3,(H,65,77)(H,66,76)/t38-,44+,50-,56+/m0/s1. The number of hydrogen-bond acceptors (Lipinski definition) is 15. The zero-order chi connectivity index (χ0) is 57.0. The van der Waals surface area contributed by atoms with Crippen molar-refractivity contribution in [2.45, 2.75) is 103 Å². The van der Waals surface area contributed by atoms with Gasteiger partial charge in [-0.05, 0) is 97.0 Å². The second kappa shape index (κ2) is 25.6. The van der Waals surface area contributed by atoms with Crippen LogP contribution >= 0.6 is 22.9 Å². The lowest BCUT2D eigenvalue weighted by Gasteiger charge is -2.37. The minimum absolute atomic E-state index is 0.00678. The van der Waals surface area contributed by atoms with Crippen LogP contribution in [-0.2, 0) is 19.1 Å². The van der Waals surface area contributed by atoms with Gasteiger partial charge in [0.05, 0.1) is 53.0 Å². The van der Waals surface area contributed by atoms with Gasteiger partial charge in [0, 0.05) is 89.4 Å². The SMILES string of the molecule is Cc1ncsc1-c1ccc([C@H](C)NC(=O)[C@@H]2C[C@@H](O)CN2C(=O)[C@@H](NC(=O)CN2CCN(CCOCCN3CCC(Oc4nc(N5CCCCC5)c5cc(Cl)c(-c6cc(O)cc7ccccc67)c(F)c5n4)CC3)CC2)C(C)(C)C)cc1. The summed E-state index contributed by atoms with van der Waals surface area (Å²) in [5, 5.41) is 29.8. The molecule has 17 nitrogen and oxygen atoms in total. The van der Waals surface area contributed by atoms with Gasteiger partial charge >= 0.3 is 6.01 Å². The van der Waals surface area contributed by atoms with Crippen LogP contribution < -0.4 is 20.3 Å². The number of aliphatic hydroxyl groups excluding tert-OH is 1.